The third-order valence-electron chi connectivity index (χ3n) is 5.90. The summed E-state index contributed by atoms with van der Waals surface area (Å²) in [5.74, 6) is -6.03. The van der Waals surface area contributed by atoms with E-state index in [1.54, 1.807) is 0 Å². The van der Waals surface area contributed by atoms with Crippen molar-refractivity contribution in [3.8, 4) is 0 Å². The molecule has 2 rings (SSSR count). The molecule has 18 heteroatoms. The molecule has 0 radical (unpaired) electrons. The van der Waals surface area contributed by atoms with Crippen LogP contribution in [0.25, 0.3) is 0 Å². The summed E-state index contributed by atoms with van der Waals surface area (Å²) in [6, 6.07) is 0. The van der Waals surface area contributed by atoms with Crippen LogP contribution in [0.3, 0.4) is 0 Å². The minimum atomic E-state index is -1.90. The van der Waals surface area contributed by atoms with E-state index in [2.05, 4.69) is 0 Å². The van der Waals surface area contributed by atoms with E-state index in [0.29, 0.717) is 0 Å². The maximum atomic E-state index is 12.2. The highest BCUT2D eigenvalue weighted by Crippen LogP contribution is 2.34. The van der Waals surface area contributed by atoms with E-state index in [4.69, 9.17) is 47.4 Å². The van der Waals surface area contributed by atoms with Gasteiger partial charge in [-0.1, -0.05) is 0 Å². The third kappa shape index (κ3) is 10.7. The Morgan fingerprint density at radius 3 is 1.27 bits per heavy atom. The van der Waals surface area contributed by atoms with Gasteiger partial charge in [0.05, 0.1) is 0 Å². The van der Waals surface area contributed by atoms with Gasteiger partial charge in [0.2, 0.25) is 0 Å². The fourth-order valence-electron chi connectivity index (χ4n) is 4.49. The molecule has 0 unspecified atom stereocenters. The molecule has 0 aliphatic carbocycles. The summed E-state index contributed by atoms with van der Waals surface area (Å²) in [5, 5.41) is 10.6. The van der Waals surface area contributed by atoms with Crippen LogP contribution < -0.4 is 0 Å². The molecular weight excluding hydrogens is 600 g/mol. The van der Waals surface area contributed by atoms with Gasteiger partial charge in [0.25, 0.3) is 0 Å². The van der Waals surface area contributed by atoms with Gasteiger partial charge in [0.1, 0.15) is 31.5 Å². The lowest BCUT2D eigenvalue weighted by Crippen LogP contribution is -2.67. The number of esters is 7. The number of carbonyl (C=O) groups is 7. The van der Waals surface area contributed by atoms with Crippen molar-refractivity contribution >= 4 is 41.8 Å². The normalized spacial score (nSPS) is 31.5. The van der Waals surface area contributed by atoms with Crippen molar-refractivity contribution in [2.75, 3.05) is 13.2 Å². The zero-order chi connectivity index (χ0) is 33.3. The number of aliphatic hydroxyl groups is 1. The van der Waals surface area contributed by atoms with Crippen LogP contribution in [0.1, 0.15) is 48.5 Å². The second-order valence-electron chi connectivity index (χ2n) is 9.68. The van der Waals surface area contributed by atoms with Gasteiger partial charge in [-0.25, -0.2) is 0 Å². The van der Waals surface area contributed by atoms with E-state index >= 15 is 0 Å². The Morgan fingerprint density at radius 2 is 0.841 bits per heavy atom. The minimum Gasteiger partial charge on any atom is -0.463 e. The average molecular weight is 637 g/mol. The molecule has 10 atom stereocenters. The number of aliphatic hydroxyl groups excluding tert-OH is 1. The Bertz CT molecular complexity index is 1090. The van der Waals surface area contributed by atoms with Gasteiger partial charge >= 0.3 is 41.8 Å². The number of hydrogen-bond donors (Lipinski definition) is 1. The van der Waals surface area contributed by atoms with Crippen molar-refractivity contribution in [1.82, 2.24) is 0 Å². The average Bonchev–Trinajstić information content (AvgIpc) is 2.87. The summed E-state index contributed by atoms with van der Waals surface area (Å²) in [6.45, 7) is 6.11. The van der Waals surface area contributed by atoms with E-state index in [1.807, 2.05) is 0 Å². The zero-order valence-corrected chi connectivity index (χ0v) is 25.1. The molecule has 2 aliphatic rings. The Morgan fingerprint density at radius 1 is 0.477 bits per heavy atom. The Labute approximate surface area is 251 Å². The lowest BCUT2D eigenvalue weighted by Gasteiger charge is -2.48. The standard InChI is InChI=1S/C26H36O18/c1-10(27)35-8-17-20(21(38-13(4)30)23(25(34)42-17)40-15(6)32)44-26-24(41-16(7)33)22(39-14(5)31)19(37-12(3)29)18(43-26)9-36-11(2)28/h17-26,34H,8-9H2,1-7H3/t17-,18-,19-,20-,21-,22-,23-,24-,25+,26+/m1/s1. The molecule has 44 heavy (non-hydrogen) atoms. The lowest BCUT2D eigenvalue weighted by atomic mass is 9.96. The summed E-state index contributed by atoms with van der Waals surface area (Å²) in [7, 11) is 0. The van der Waals surface area contributed by atoms with Gasteiger partial charge in [-0.3, -0.25) is 33.6 Å². The summed E-state index contributed by atoms with van der Waals surface area (Å²) in [5.41, 5.74) is 0. The maximum absolute atomic E-state index is 12.2. The minimum absolute atomic E-state index is 0.572. The van der Waals surface area contributed by atoms with Crippen LogP contribution in [0.4, 0.5) is 0 Å². The molecule has 2 aliphatic heterocycles. The molecule has 0 aromatic rings. The lowest BCUT2D eigenvalue weighted by molar-refractivity contribution is -0.357. The van der Waals surface area contributed by atoms with Gasteiger partial charge in [-0.05, 0) is 0 Å². The molecular formula is C26H36O18. The first kappa shape index (κ1) is 36.3. The molecule has 2 heterocycles. The number of hydrogen-bond acceptors (Lipinski definition) is 18. The first-order valence-electron chi connectivity index (χ1n) is 13.3. The maximum Gasteiger partial charge on any atom is 0.303 e. The fourth-order valence-corrected chi connectivity index (χ4v) is 4.49. The van der Waals surface area contributed by atoms with Crippen molar-refractivity contribution in [3.63, 3.8) is 0 Å². The first-order valence-corrected chi connectivity index (χ1v) is 13.3. The van der Waals surface area contributed by atoms with E-state index in [9.17, 15) is 38.7 Å². The van der Waals surface area contributed by atoms with Crippen LogP contribution in [0.15, 0.2) is 0 Å². The Balaban J connectivity index is 2.66. The van der Waals surface area contributed by atoms with Gasteiger partial charge in [0.15, 0.2) is 43.1 Å². The number of rotatable bonds is 11. The van der Waals surface area contributed by atoms with E-state index in [-0.39, 0.29) is 0 Å². The highest BCUT2D eigenvalue weighted by molar-refractivity contribution is 5.69. The van der Waals surface area contributed by atoms with Crippen molar-refractivity contribution in [2.45, 2.75) is 110 Å². The second kappa shape index (κ2) is 16.3. The molecule has 0 aromatic carbocycles. The van der Waals surface area contributed by atoms with Gasteiger partial charge in [-0.15, -0.1) is 0 Å². The van der Waals surface area contributed by atoms with Crippen LogP contribution in [0.5, 0.6) is 0 Å². The molecule has 248 valence electrons. The number of ether oxygens (including phenoxy) is 10. The van der Waals surface area contributed by atoms with Gasteiger partial charge < -0.3 is 52.5 Å². The summed E-state index contributed by atoms with van der Waals surface area (Å²) in [4.78, 5) is 83.5. The van der Waals surface area contributed by atoms with Crippen LogP contribution in [0, 0.1) is 0 Å². The summed E-state index contributed by atoms with van der Waals surface area (Å²) >= 11 is 0. The zero-order valence-electron chi connectivity index (χ0n) is 25.1. The van der Waals surface area contributed by atoms with Crippen molar-refractivity contribution in [1.29, 1.82) is 0 Å². The summed E-state index contributed by atoms with van der Waals surface area (Å²) < 4.78 is 54.1. The quantitative estimate of drug-likeness (QED) is 0.203. The number of carbonyl (C=O) groups excluding carboxylic acids is 7. The Kier molecular flexibility index (Phi) is 13.4. The molecule has 0 amide bonds. The van der Waals surface area contributed by atoms with Crippen molar-refractivity contribution < 1.29 is 86.0 Å². The molecule has 2 saturated heterocycles. The van der Waals surface area contributed by atoms with Gasteiger partial charge in [0, 0.05) is 48.5 Å². The van der Waals surface area contributed by atoms with E-state index < -0.39 is 116 Å². The highest BCUT2D eigenvalue weighted by Gasteiger charge is 2.57. The predicted octanol–water partition coefficient (Wildman–Crippen LogP) is -1.40. The molecule has 18 nitrogen and oxygen atoms in total. The molecule has 0 saturated carbocycles. The van der Waals surface area contributed by atoms with Gasteiger partial charge in [-0.2, -0.15) is 0 Å². The second-order valence-corrected chi connectivity index (χ2v) is 9.68. The Hall–Kier alpha value is -3.87. The van der Waals surface area contributed by atoms with Crippen molar-refractivity contribution in [2.24, 2.45) is 0 Å². The fraction of sp³-hybridized carbons (Fsp3) is 0.731. The predicted molar refractivity (Wildman–Crippen MR) is 135 cm³/mol. The summed E-state index contributed by atoms with van der Waals surface area (Å²) in [6.07, 6.45) is -16.3. The SMILES string of the molecule is CC(=O)OC[C@H]1O[C@H](O)[C@H](OC(C)=O)[C@H](OC(C)=O)[C@@H]1O[C@@H]1O[C@H](COC(C)=O)[C@@H](OC(C)=O)[C@@H](OC(C)=O)[C@H]1OC(C)=O. The van der Waals surface area contributed by atoms with Crippen LogP contribution in [-0.4, -0.2) is 122 Å². The first-order chi connectivity index (χ1) is 20.5. The molecule has 0 spiro atoms. The van der Waals surface area contributed by atoms with Crippen molar-refractivity contribution in [3.05, 3.63) is 0 Å². The molecule has 2 fully saturated rings. The third-order valence-corrected chi connectivity index (χ3v) is 5.90. The smallest absolute Gasteiger partial charge is 0.303 e. The molecule has 0 aromatic heterocycles. The van der Waals surface area contributed by atoms with Crippen LogP contribution in [0.2, 0.25) is 0 Å². The molecule has 0 bridgehead atoms. The topological polar surface area (TPSA) is 232 Å². The monoisotopic (exact) mass is 636 g/mol. The van der Waals surface area contributed by atoms with E-state index in [0.717, 1.165) is 48.5 Å². The highest BCUT2D eigenvalue weighted by atomic mass is 16.8. The van der Waals surface area contributed by atoms with Crippen LogP contribution >= 0.6 is 0 Å². The molecule has 1 N–H and O–H groups in total. The largest absolute Gasteiger partial charge is 0.463 e. The van der Waals surface area contributed by atoms with E-state index in [1.165, 1.54) is 0 Å². The van der Waals surface area contributed by atoms with Crippen LogP contribution in [-0.2, 0) is 80.9 Å².